The molecule has 13 heavy (non-hydrogen) atoms. The maximum atomic E-state index is 11.3. The zero-order chi connectivity index (χ0) is 9.42. The van der Waals surface area contributed by atoms with Crippen molar-refractivity contribution in [3.05, 3.63) is 0 Å². The average molecular weight is 183 g/mol. The van der Waals surface area contributed by atoms with Gasteiger partial charge in [0.25, 0.3) is 0 Å². The third-order valence-corrected chi connectivity index (χ3v) is 2.78. The summed E-state index contributed by atoms with van der Waals surface area (Å²) in [4.78, 5) is 24.1. The number of ketones is 1. The van der Waals surface area contributed by atoms with Crippen LogP contribution in [0, 0.1) is 11.8 Å². The summed E-state index contributed by atoms with van der Waals surface area (Å²) in [6, 6.07) is 0. The van der Waals surface area contributed by atoms with E-state index in [-0.39, 0.29) is 17.9 Å². The van der Waals surface area contributed by atoms with Crippen LogP contribution in [-0.4, -0.2) is 36.5 Å². The highest BCUT2D eigenvalue weighted by atomic mass is 16.6. The van der Waals surface area contributed by atoms with Crippen molar-refractivity contribution in [2.45, 2.75) is 13.3 Å². The van der Waals surface area contributed by atoms with Gasteiger partial charge in [0.05, 0.1) is 6.61 Å². The van der Waals surface area contributed by atoms with E-state index in [1.54, 1.807) is 11.8 Å². The number of piperidine rings is 2. The molecule has 0 N–H and O–H groups in total. The molecule has 2 unspecified atom stereocenters. The van der Waals surface area contributed by atoms with Gasteiger partial charge < -0.3 is 9.64 Å². The fourth-order valence-electron chi connectivity index (χ4n) is 2.05. The minimum absolute atomic E-state index is 0.100. The molecule has 2 aliphatic heterocycles. The Labute approximate surface area is 76.8 Å². The highest BCUT2D eigenvalue weighted by molar-refractivity contribution is 5.91. The molecule has 1 saturated carbocycles. The molecule has 1 amide bonds. The fourth-order valence-corrected chi connectivity index (χ4v) is 2.05. The minimum atomic E-state index is -0.273. The first-order valence-corrected chi connectivity index (χ1v) is 4.67. The molecule has 4 nitrogen and oxygen atoms in total. The summed E-state index contributed by atoms with van der Waals surface area (Å²) in [6.45, 7) is 3.31. The predicted octanol–water partition coefficient (Wildman–Crippen LogP) is 0.664. The first-order valence-electron chi connectivity index (χ1n) is 4.67. The van der Waals surface area contributed by atoms with Gasteiger partial charge in [0.1, 0.15) is 5.78 Å². The van der Waals surface area contributed by atoms with E-state index in [0.717, 1.165) is 6.42 Å². The summed E-state index contributed by atoms with van der Waals surface area (Å²) in [5, 5.41) is 0. The SMILES string of the molecule is CCOC(=O)N1CC2CC(C1)C2=O. The molecule has 0 aromatic carbocycles. The van der Waals surface area contributed by atoms with Crippen molar-refractivity contribution in [3.63, 3.8) is 0 Å². The number of hydrogen-bond donors (Lipinski definition) is 0. The Morgan fingerprint density at radius 2 is 2.15 bits per heavy atom. The van der Waals surface area contributed by atoms with Gasteiger partial charge in [0.15, 0.2) is 0 Å². The Morgan fingerprint density at radius 3 is 2.62 bits per heavy atom. The van der Waals surface area contributed by atoms with Crippen molar-refractivity contribution in [3.8, 4) is 0 Å². The van der Waals surface area contributed by atoms with Crippen molar-refractivity contribution in [2.24, 2.45) is 11.8 Å². The van der Waals surface area contributed by atoms with E-state index < -0.39 is 0 Å². The summed E-state index contributed by atoms with van der Waals surface area (Å²) in [6.07, 6.45) is 0.694. The van der Waals surface area contributed by atoms with Crippen LogP contribution in [0.2, 0.25) is 0 Å². The highest BCUT2D eigenvalue weighted by Gasteiger charge is 2.47. The summed E-state index contributed by atoms with van der Waals surface area (Å²) >= 11 is 0. The van der Waals surface area contributed by atoms with Gasteiger partial charge in [-0.15, -0.1) is 0 Å². The quantitative estimate of drug-likeness (QED) is 0.600. The summed E-state index contributed by atoms with van der Waals surface area (Å²) in [5.41, 5.74) is 0. The predicted molar refractivity (Wildman–Crippen MR) is 45.2 cm³/mol. The van der Waals surface area contributed by atoms with Crippen LogP contribution in [0.4, 0.5) is 4.79 Å². The second-order valence-corrected chi connectivity index (χ2v) is 3.64. The van der Waals surface area contributed by atoms with Crippen LogP contribution in [0.15, 0.2) is 0 Å². The lowest BCUT2D eigenvalue weighted by Gasteiger charge is -2.44. The summed E-state index contributed by atoms with van der Waals surface area (Å²) in [7, 11) is 0. The van der Waals surface area contributed by atoms with Crippen LogP contribution in [0.25, 0.3) is 0 Å². The van der Waals surface area contributed by atoms with Crippen molar-refractivity contribution in [1.29, 1.82) is 0 Å². The normalized spacial score (nSPS) is 31.2. The van der Waals surface area contributed by atoms with E-state index in [2.05, 4.69) is 0 Å². The zero-order valence-electron chi connectivity index (χ0n) is 7.66. The van der Waals surface area contributed by atoms with Crippen LogP contribution in [0.1, 0.15) is 13.3 Å². The number of carbonyl (C=O) groups excluding carboxylic acids is 2. The third kappa shape index (κ3) is 1.30. The van der Waals surface area contributed by atoms with E-state index in [9.17, 15) is 9.59 Å². The molecular weight excluding hydrogens is 170 g/mol. The number of fused-ring (bicyclic) bond motifs is 2. The Morgan fingerprint density at radius 1 is 1.54 bits per heavy atom. The molecule has 2 heterocycles. The molecule has 3 aliphatic rings. The minimum Gasteiger partial charge on any atom is -0.450 e. The molecule has 0 aromatic heterocycles. The van der Waals surface area contributed by atoms with Crippen LogP contribution in [0.3, 0.4) is 0 Å². The molecule has 2 saturated heterocycles. The number of hydrogen-bond acceptors (Lipinski definition) is 3. The molecule has 3 rings (SSSR count). The van der Waals surface area contributed by atoms with E-state index >= 15 is 0 Å². The molecule has 2 bridgehead atoms. The van der Waals surface area contributed by atoms with Gasteiger partial charge >= 0.3 is 6.09 Å². The van der Waals surface area contributed by atoms with Crippen molar-refractivity contribution in [1.82, 2.24) is 4.90 Å². The van der Waals surface area contributed by atoms with E-state index in [1.165, 1.54) is 0 Å². The number of amides is 1. The van der Waals surface area contributed by atoms with Crippen molar-refractivity contribution >= 4 is 11.9 Å². The molecule has 0 radical (unpaired) electrons. The molecule has 2 atom stereocenters. The maximum absolute atomic E-state index is 11.3. The maximum Gasteiger partial charge on any atom is 0.409 e. The van der Waals surface area contributed by atoms with Crippen molar-refractivity contribution in [2.75, 3.05) is 19.7 Å². The Bertz CT molecular complexity index is 237. The Balaban J connectivity index is 1.91. The van der Waals surface area contributed by atoms with Gasteiger partial charge in [0.2, 0.25) is 0 Å². The molecular formula is C9H13NO3. The third-order valence-electron chi connectivity index (χ3n) is 2.78. The molecule has 72 valence electrons. The van der Waals surface area contributed by atoms with E-state index in [4.69, 9.17) is 4.74 Å². The van der Waals surface area contributed by atoms with Gasteiger partial charge in [-0.05, 0) is 13.3 Å². The largest absolute Gasteiger partial charge is 0.450 e. The Kier molecular flexibility index (Phi) is 1.98. The second-order valence-electron chi connectivity index (χ2n) is 3.64. The average Bonchev–Trinajstić information content (AvgIpc) is 2.17. The van der Waals surface area contributed by atoms with Gasteiger partial charge in [-0.3, -0.25) is 4.79 Å². The van der Waals surface area contributed by atoms with Crippen LogP contribution >= 0.6 is 0 Å². The van der Waals surface area contributed by atoms with Gasteiger partial charge in [-0.25, -0.2) is 4.79 Å². The molecule has 1 aliphatic carbocycles. The summed E-state index contributed by atoms with van der Waals surface area (Å²) < 4.78 is 4.86. The van der Waals surface area contributed by atoms with E-state index in [1.807, 2.05) is 0 Å². The van der Waals surface area contributed by atoms with Crippen LogP contribution in [-0.2, 0) is 9.53 Å². The van der Waals surface area contributed by atoms with Gasteiger partial charge in [0, 0.05) is 24.9 Å². The second kappa shape index (κ2) is 3.01. The topological polar surface area (TPSA) is 46.6 Å². The zero-order valence-corrected chi connectivity index (χ0v) is 7.66. The number of Topliss-reactive ketones (excluding diaryl/α,β-unsaturated/α-hetero) is 1. The molecule has 3 fully saturated rings. The van der Waals surface area contributed by atoms with Crippen molar-refractivity contribution < 1.29 is 14.3 Å². The first-order chi connectivity index (χ1) is 6.22. The molecule has 0 aromatic rings. The van der Waals surface area contributed by atoms with Gasteiger partial charge in [-0.2, -0.15) is 0 Å². The Hall–Kier alpha value is -1.06. The lowest BCUT2D eigenvalue weighted by Crippen LogP contribution is -2.57. The highest BCUT2D eigenvalue weighted by Crippen LogP contribution is 2.36. The molecule has 4 heteroatoms. The summed E-state index contributed by atoms with van der Waals surface area (Å²) in [5.74, 6) is 0.534. The number of ether oxygens (including phenoxy) is 1. The van der Waals surface area contributed by atoms with E-state index in [0.29, 0.717) is 25.5 Å². The lowest BCUT2D eigenvalue weighted by atomic mass is 9.70. The standard InChI is InChI=1S/C9H13NO3/c1-2-13-9(12)10-4-6-3-7(5-10)8(6)11/h6-7H,2-5H2,1H3. The van der Waals surface area contributed by atoms with Gasteiger partial charge in [-0.1, -0.05) is 0 Å². The lowest BCUT2D eigenvalue weighted by molar-refractivity contribution is -0.142. The number of rotatable bonds is 1. The monoisotopic (exact) mass is 183 g/mol. The first kappa shape index (κ1) is 8.53. The van der Waals surface area contributed by atoms with Crippen LogP contribution in [0.5, 0.6) is 0 Å². The smallest absolute Gasteiger partial charge is 0.409 e. The number of nitrogens with zero attached hydrogens (tertiary/aromatic N) is 1. The fraction of sp³-hybridized carbons (Fsp3) is 0.778. The van der Waals surface area contributed by atoms with Crippen LogP contribution < -0.4 is 0 Å². The number of carbonyl (C=O) groups is 2. The molecule has 0 spiro atoms.